The van der Waals surface area contributed by atoms with Crippen LogP contribution in [-0.4, -0.2) is 10.8 Å². The Bertz CT molecular complexity index is 584. The summed E-state index contributed by atoms with van der Waals surface area (Å²) in [6.45, 7) is 0. The van der Waals surface area contributed by atoms with E-state index in [-0.39, 0.29) is 5.78 Å². The molecule has 0 radical (unpaired) electrons. The molecule has 1 aliphatic rings. The number of benzene rings is 1. The molecule has 0 amide bonds. The predicted molar refractivity (Wildman–Crippen MR) is 59.5 cm³/mol. The topological polar surface area (TPSA) is 30.0 Å². The van der Waals surface area contributed by atoms with Crippen molar-refractivity contribution in [1.29, 1.82) is 0 Å². The third-order valence-electron chi connectivity index (χ3n) is 2.72. The first kappa shape index (κ1) is 8.36. The van der Waals surface area contributed by atoms with Crippen LogP contribution in [0.1, 0.15) is 11.3 Å². The minimum Gasteiger partial charge on any atom is -0.294 e. The van der Waals surface area contributed by atoms with Crippen molar-refractivity contribution in [3.05, 3.63) is 47.8 Å². The molecule has 0 bridgehead atoms. The maximum absolute atomic E-state index is 11.4. The molecule has 0 atom stereocenters. The first-order valence-corrected chi connectivity index (χ1v) is 4.92. The lowest BCUT2D eigenvalue weighted by Crippen LogP contribution is -2.07. The maximum Gasteiger partial charge on any atom is 0.160 e. The molecule has 1 aliphatic carbocycles. The van der Waals surface area contributed by atoms with Gasteiger partial charge >= 0.3 is 0 Å². The van der Waals surface area contributed by atoms with Crippen LogP contribution in [-0.2, 0) is 11.2 Å². The first-order valence-electron chi connectivity index (χ1n) is 4.92. The molecule has 0 aliphatic heterocycles. The van der Waals surface area contributed by atoms with E-state index in [1.165, 1.54) is 0 Å². The van der Waals surface area contributed by atoms with Crippen LogP contribution in [0, 0.1) is 0 Å². The van der Waals surface area contributed by atoms with E-state index in [1.807, 2.05) is 30.5 Å². The van der Waals surface area contributed by atoms with Crippen molar-refractivity contribution in [2.24, 2.45) is 0 Å². The van der Waals surface area contributed by atoms with Gasteiger partial charge in [-0.2, -0.15) is 0 Å². The number of hydrogen-bond acceptors (Lipinski definition) is 2. The Morgan fingerprint density at radius 2 is 2.00 bits per heavy atom. The van der Waals surface area contributed by atoms with Crippen molar-refractivity contribution in [2.75, 3.05) is 0 Å². The van der Waals surface area contributed by atoms with Crippen LogP contribution in [0.3, 0.4) is 0 Å². The number of carbonyl (C=O) groups is 1. The van der Waals surface area contributed by atoms with Crippen molar-refractivity contribution in [3.63, 3.8) is 0 Å². The fourth-order valence-electron chi connectivity index (χ4n) is 1.97. The summed E-state index contributed by atoms with van der Waals surface area (Å²) in [6, 6.07) is 8.04. The fourth-order valence-corrected chi connectivity index (χ4v) is 1.97. The van der Waals surface area contributed by atoms with Gasteiger partial charge in [0.2, 0.25) is 0 Å². The average molecular weight is 195 g/mol. The highest BCUT2D eigenvalue weighted by atomic mass is 16.1. The van der Waals surface area contributed by atoms with Gasteiger partial charge in [-0.15, -0.1) is 0 Å². The fraction of sp³-hybridized carbons (Fsp3) is 0.0769. The van der Waals surface area contributed by atoms with E-state index in [0.29, 0.717) is 6.42 Å². The van der Waals surface area contributed by atoms with Crippen molar-refractivity contribution in [3.8, 4) is 0 Å². The Morgan fingerprint density at radius 1 is 1.13 bits per heavy atom. The third-order valence-corrected chi connectivity index (χ3v) is 2.72. The summed E-state index contributed by atoms with van der Waals surface area (Å²) in [5.41, 5.74) is 1.98. The van der Waals surface area contributed by atoms with Gasteiger partial charge in [0.15, 0.2) is 5.78 Å². The highest BCUT2D eigenvalue weighted by Crippen LogP contribution is 2.24. The molecular weight excluding hydrogens is 186 g/mol. The van der Waals surface area contributed by atoms with Gasteiger partial charge in [0, 0.05) is 18.0 Å². The quantitative estimate of drug-likeness (QED) is 0.646. The second-order valence-corrected chi connectivity index (χ2v) is 3.69. The van der Waals surface area contributed by atoms with Gasteiger partial charge in [0.1, 0.15) is 0 Å². The number of allylic oxidation sites excluding steroid dienone is 1. The van der Waals surface area contributed by atoms with E-state index in [2.05, 4.69) is 4.98 Å². The maximum atomic E-state index is 11.4. The highest BCUT2D eigenvalue weighted by molar-refractivity contribution is 6.02. The van der Waals surface area contributed by atoms with Gasteiger partial charge in [0.25, 0.3) is 0 Å². The smallest absolute Gasteiger partial charge is 0.160 e. The van der Waals surface area contributed by atoms with Crippen LogP contribution < -0.4 is 0 Å². The van der Waals surface area contributed by atoms with E-state index in [4.69, 9.17) is 0 Å². The van der Waals surface area contributed by atoms with Gasteiger partial charge in [-0.3, -0.25) is 9.78 Å². The van der Waals surface area contributed by atoms with Gasteiger partial charge < -0.3 is 0 Å². The van der Waals surface area contributed by atoms with Crippen LogP contribution in [0.4, 0.5) is 0 Å². The van der Waals surface area contributed by atoms with Gasteiger partial charge in [-0.05, 0) is 23.1 Å². The molecule has 1 heterocycles. The lowest BCUT2D eigenvalue weighted by Gasteiger charge is -2.11. The number of nitrogens with zero attached hydrogens (tertiary/aromatic N) is 1. The molecule has 1 aromatic carbocycles. The Balaban J connectivity index is 2.38. The van der Waals surface area contributed by atoms with E-state index in [9.17, 15) is 4.79 Å². The van der Waals surface area contributed by atoms with Crippen LogP contribution in [0.15, 0.2) is 36.5 Å². The SMILES string of the molecule is O=C1C=Cc2ncc3ccccc3c2C1. The molecule has 0 N–H and O–H groups in total. The number of rotatable bonds is 0. The van der Waals surface area contributed by atoms with E-state index in [1.54, 1.807) is 12.2 Å². The van der Waals surface area contributed by atoms with Crippen molar-refractivity contribution < 1.29 is 4.79 Å². The van der Waals surface area contributed by atoms with Crippen LogP contribution in [0.2, 0.25) is 0 Å². The Kier molecular flexibility index (Phi) is 1.68. The standard InChI is InChI=1S/C13H9NO/c15-10-5-6-13-12(7-10)11-4-2-1-3-9(11)8-14-13/h1-6,8H,7H2. The zero-order valence-corrected chi connectivity index (χ0v) is 8.10. The summed E-state index contributed by atoms with van der Waals surface area (Å²) in [6.07, 6.45) is 5.73. The van der Waals surface area contributed by atoms with E-state index in [0.717, 1.165) is 22.0 Å². The summed E-state index contributed by atoms with van der Waals surface area (Å²) < 4.78 is 0. The molecule has 0 saturated carbocycles. The normalized spacial score (nSPS) is 14.3. The summed E-state index contributed by atoms with van der Waals surface area (Å²) >= 11 is 0. The van der Waals surface area contributed by atoms with Gasteiger partial charge in [-0.1, -0.05) is 24.3 Å². The molecule has 2 nitrogen and oxygen atoms in total. The minimum atomic E-state index is 0.153. The third kappa shape index (κ3) is 1.26. The molecule has 1 aromatic heterocycles. The average Bonchev–Trinajstić information content (AvgIpc) is 2.29. The first-order chi connectivity index (χ1) is 7.34. The molecule has 0 spiro atoms. The number of aromatic nitrogens is 1. The zero-order chi connectivity index (χ0) is 10.3. The molecular formula is C13H9NO. The molecule has 72 valence electrons. The predicted octanol–water partition coefficient (Wildman–Crippen LogP) is 2.37. The molecule has 0 saturated heterocycles. The van der Waals surface area contributed by atoms with Gasteiger partial charge in [-0.25, -0.2) is 0 Å². The second kappa shape index (κ2) is 3.02. The van der Waals surface area contributed by atoms with E-state index >= 15 is 0 Å². The second-order valence-electron chi connectivity index (χ2n) is 3.69. The lowest BCUT2D eigenvalue weighted by atomic mass is 9.96. The Labute approximate surface area is 87.3 Å². The molecule has 15 heavy (non-hydrogen) atoms. The number of ketones is 1. The number of fused-ring (bicyclic) bond motifs is 3. The lowest BCUT2D eigenvalue weighted by molar-refractivity contribution is -0.114. The summed E-state index contributed by atoms with van der Waals surface area (Å²) in [4.78, 5) is 15.7. The summed E-state index contributed by atoms with van der Waals surface area (Å²) in [5, 5.41) is 2.24. The zero-order valence-electron chi connectivity index (χ0n) is 8.10. The number of hydrogen-bond donors (Lipinski definition) is 0. The largest absolute Gasteiger partial charge is 0.294 e. The van der Waals surface area contributed by atoms with Gasteiger partial charge in [0.05, 0.1) is 5.69 Å². The summed E-state index contributed by atoms with van der Waals surface area (Å²) in [7, 11) is 0. The minimum absolute atomic E-state index is 0.153. The summed E-state index contributed by atoms with van der Waals surface area (Å²) in [5.74, 6) is 0.153. The van der Waals surface area contributed by atoms with Crippen molar-refractivity contribution >= 4 is 22.6 Å². The Morgan fingerprint density at radius 3 is 2.93 bits per heavy atom. The highest BCUT2D eigenvalue weighted by Gasteiger charge is 2.13. The molecule has 3 rings (SSSR count). The number of pyridine rings is 1. The van der Waals surface area contributed by atoms with Crippen LogP contribution in [0.5, 0.6) is 0 Å². The van der Waals surface area contributed by atoms with Crippen LogP contribution >= 0.6 is 0 Å². The Hall–Kier alpha value is -1.96. The van der Waals surface area contributed by atoms with Crippen molar-refractivity contribution in [2.45, 2.75) is 6.42 Å². The van der Waals surface area contributed by atoms with Crippen LogP contribution in [0.25, 0.3) is 16.8 Å². The molecule has 0 unspecified atom stereocenters. The molecule has 0 fully saturated rings. The van der Waals surface area contributed by atoms with Crippen molar-refractivity contribution in [1.82, 2.24) is 4.98 Å². The number of carbonyl (C=O) groups excluding carboxylic acids is 1. The monoisotopic (exact) mass is 195 g/mol. The van der Waals surface area contributed by atoms with E-state index < -0.39 is 0 Å². The molecule has 2 aromatic rings. The molecule has 2 heteroatoms.